The number of carbonyl (C=O) groups is 1. The van der Waals surface area contributed by atoms with Crippen molar-refractivity contribution in [1.29, 1.82) is 0 Å². The predicted molar refractivity (Wildman–Crippen MR) is 52.1 cm³/mol. The van der Waals surface area contributed by atoms with Gasteiger partial charge in [-0.3, -0.25) is 0 Å². The van der Waals surface area contributed by atoms with E-state index in [-0.39, 0.29) is 6.07 Å². The number of rotatable bonds is 4. The van der Waals surface area contributed by atoms with Crippen molar-refractivity contribution in [2.24, 2.45) is 0 Å². The Bertz CT molecular complexity index is 608. The van der Waals surface area contributed by atoms with Gasteiger partial charge in [-0.2, -0.15) is 30.7 Å². The fraction of sp³-hybridized carbons (Fsp3) is 0.364. The smallest absolute Gasteiger partial charge is 0.456 e. The summed E-state index contributed by atoms with van der Waals surface area (Å²) in [4.78, 5) is 10.7. The van der Waals surface area contributed by atoms with Crippen molar-refractivity contribution in [3.05, 3.63) is 35.1 Å². The molecule has 2 nitrogen and oxygen atoms in total. The van der Waals surface area contributed by atoms with Crippen LogP contribution in [0.4, 0.5) is 43.9 Å². The molecule has 0 bridgehead atoms. The van der Waals surface area contributed by atoms with Crippen LogP contribution < -0.4 is 0 Å². The molecule has 1 rings (SSSR count). The van der Waals surface area contributed by atoms with Gasteiger partial charge >= 0.3 is 24.0 Å². The largest absolute Gasteiger partial charge is 0.460 e. The zero-order valence-corrected chi connectivity index (χ0v) is 10.5. The van der Waals surface area contributed by atoms with Crippen LogP contribution in [0.2, 0.25) is 0 Å². The molecule has 0 spiro atoms. The van der Waals surface area contributed by atoms with E-state index in [4.69, 9.17) is 0 Å². The van der Waals surface area contributed by atoms with Crippen LogP contribution in [0.15, 0.2) is 12.1 Å². The third-order valence-corrected chi connectivity index (χ3v) is 2.49. The Balaban J connectivity index is 2.99. The highest BCUT2D eigenvalue weighted by Crippen LogP contribution is 2.47. The number of esters is 1. The van der Waals surface area contributed by atoms with E-state index in [1.807, 2.05) is 0 Å². The minimum atomic E-state index is -6.79. The predicted octanol–water partition coefficient (Wildman–Crippen LogP) is 3.98. The highest BCUT2D eigenvalue weighted by molar-refractivity contribution is 5.79. The lowest BCUT2D eigenvalue weighted by molar-refractivity contribution is -0.348. The molecule has 0 aliphatic heterocycles. The summed E-state index contributed by atoms with van der Waals surface area (Å²) in [5.74, 6) is -21.8. The third kappa shape index (κ3) is 3.34. The average molecular weight is 358 g/mol. The zero-order chi connectivity index (χ0) is 18.2. The fourth-order valence-electron chi connectivity index (χ4n) is 1.24. The minimum absolute atomic E-state index is 0.280. The molecule has 0 atom stereocenters. The van der Waals surface area contributed by atoms with Crippen LogP contribution in [0.5, 0.6) is 0 Å². The molecule has 0 amide bonds. The number of ether oxygens (including phenoxy) is 1. The normalized spacial score (nSPS) is 13.1. The first-order valence-electron chi connectivity index (χ1n) is 5.35. The summed E-state index contributed by atoms with van der Waals surface area (Å²) in [6, 6.07) is 0.576. The number of hydrogen-bond acceptors (Lipinski definition) is 2. The van der Waals surface area contributed by atoms with Gasteiger partial charge in [0.25, 0.3) is 0 Å². The van der Waals surface area contributed by atoms with E-state index in [0.717, 1.165) is 0 Å². The van der Waals surface area contributed by atoms with Crippen LogP contribution in [0.1, 0.15) is 5.56 Å². The molecule has 1 aromatic rings. The molecule has 12 heteroatoms. The van der Waals surface area contributed by atoms with Gasteiger partial charge < -0.3 is 4.74 Å². The topological polar surface area (TPSA) is 26.3 Å². The minimum Gasteiger partial charge on any atom is -0.456 e. The van der Waals surface area contributed by atoms with Crippen molar-refractivity contribution in [2.45, 2.75) is 24.6 Å². The summed E-state index contributed by atoms with van der Waals surface area (Å²) < 4.78 is 129. The molecule has 0 aliphatic carbocycles. The summed E-state index contributed by atoms with van der Waals surface area (Å²) in [5.41, 5.74) is -1.44. The number of alkyl halides is 7. The van der Waals surface area contributed by atoms with Gasteiger partial charge in [0.1, 0.15) is 12.4 Å². The first-order chi connectivity index (χ1) is 10.2. The molecule has 0 radical (unpaired) electrons. The van der Waals surface area contributed by atoms with E-state index in [9.17, 15) is 48.7 Å². The quantitative estimate of drug-likeness (QED) is 0.462. The monoisotopic (exact) mass is 358 g/mol. The van der Waals surface area contributed by atoms with Gasteiger partial charge in [-0.15, -0.1) is 0 Å². The second kappa shape index (κ2) is 5.89. The first-order valence-corrected chi connectivity index (χ1v) is 5.35. The molecule has 0 unspecified atom stereocenters. The Morgan fingerprint density at radius 1 is 0.913 bits per heavy atom. The van der Waals surface area contributed by atoms with Gasteiger partial charge in [0, 0.05) is 0 Å². The van der Waals surface area contributed by atoms with Crippen LogP contribution in [0.3, 0.4) is 0 Å². The van der Waals surface area contributed by atoms with Crippen molar-refractivity contribution >= 4 is 5.97 Å². The Hall–Kier alpha value is -2.01. The Morgan fingerprint density at radius 2 is 1.39 bits per heavy atom. The van der Waals surface area contributed by atoms with E-state index in [1.165, 1.54) is 0 Å². The molecule has 0 aliphatic rings. The molecule has 0 N–H and O–H groups in total. The van der Waals surface area contributed by atoms with Crippen molar-refractivity contribution in [3.8, 4) is 0 Å². The number of halogens is 10. The molecule has 0 aromatic heterocycles. The molecular weight excluding hydrogens is 354 g/mol. The van der Waals surface area contributed by atoms with Crippen molar-refractivity contribution in [3.63, 3.8) is 0 Å². The van der Waals surface area contributed by atoms with Gasteiger partial charge in [-0.1, -0.05) is 0 Å². The second-order valence-electron chi connectivity index (χ2n) is 4.04. The van der Waals surface area contributed by atoms with E-state index in [2.05, 4.69) is 4.74 Å². The Kier molecular flexibility index (Phi) is 4.87. The highest BCUT2D eigenvalue weighted by Gasteiger charge is 2.77. The second-order valence-corrected chi connectivity index (χ2v) is 4.04. The van der Waals surface area contributed by atoms with Gasteiger partial charge in [-0.25, -0.2) is 18.0 Å². The lowest BCUT2D eigenvalue weighted by Gasteiger charge is -2.26. The maximum atomic E-state index is 13.1. The van der Waals surface area contributed by atoms with Gasteiger partial charge in [0.15, 0.2) is 11.6 Å². The average Bonchev–Trinajstić information content (AvgIpc) is 2.41. The summed E-state index contributed by atoms with van der Waals surface area (Å²) in [6.45, 7) is -1.82. The van der Waals surface area contributed by atoms with Gasteiger partial charge in [-0.05, 0) is 12.1 Å². The highest BCUT2D eigenvalue weighted by atomic mass is 19.4. The maximum Gasteiger partial charge on any atom is 0.460 e. The first kappa shape index (κ1) is 19.0. The fourth-order valence-corrected chi connectivity index (χ4v) is 1.24. The van der Waals surface area contributed by atoms with Crippen LogP contribution in [-0.2, 0) is 16.1 Å². The Morgan fingerprint density at radius 3 is 1.87 bits per heavy atom. The SMILES string of the molecule is O=C(OCc1c(F)ccc(F)c1F)C(F)(F)C(F)(F)C(F)(F)F. The molecule has 1 aromatic carbocycles. The molecular formula is C11H4F10O2. The summed E-state index contributed by atoms with van der Waals surface area (Å²) in [7, 11) is 0. The van der Waals surface area contributed by atoms with E-state index >= 15 is 0 Å². The Labute approximate surface area is 120 Å². The van der Waals surface area contributed by atoms with E-state index in [1.54, 1.807) is 0 Å². The summed E-state index contributed by atoms with van der Waals surface area (Å²) in [6.07, 6.45) is -6.79. The third-order valence-electron chi connectivity index (χ3n) is 2.49. The number of hydrogen-bond donors (Lipinski definition) is 0. The van der Waals surface area contributed by atoms with Crippen LogP contribution in [0, 0.1) is 17.5 Å². The molecule has 130 valence electrons. The van der Waals surface area contributed by atoms with Crippen molar-refractivity contribution in [2.75, 3.05) is 0 Å². The van der Waals surface area contributed by atoms with E-state index < -0.39 is 53.6 Å². The lowest BCUT2D eigenvalue weighted by atomic mass is 10.1. The number of carbonyl (C=O) groups excluding carboxylic acids is 1. The van der Waals surface area contributed by atoms with Crippen LogP contribution >= 0.6 is 0 Å². The lowest BCUT2D eigenvalue weighted by Crippen LogP contribution is -2.56. The van der Waals surface area contributed by atoms with Crippen LogP contribution in [0.25, 0.3) is 0 Å². The molecule has 23 heavy (non-hydrogen) atoms. The van der Waals surface area contributed by atoms with Crippen LogP contribution in [-0.4, -0.2) is 24.0 Å². The standard InChI is InChI=1S/C11H4F10O2/c12-5-1-2-6(13)7(14)4(5)3-23-8(22)9(15,16)10(17,18)11(19,20)21/h1-2H,3H2. The van der Waals surface area contributed by atoms with Gasteiger partial charge in [0.05, 0.1) is 5.56 Å². The molecule has 0 saturated heterocycles. The molecule has 0 heterocycles. The molecule has 0 fully saturated rings. The number of benzene rings is 1. The molecule has 0 saturated carbocycles. The van der Waals surface area contributed by atoms with Crippen molar-refractivity contribution in [1.82, 2.24) is 0 Å². The van der Waals surface area contributed by atoms with Gasteiger partial charge in [0.2, 0.25) is 0 Å². The van der Waals surface area contributed by atoms with E-state index in [0.29, 0.717) is 6.07 Å². The zero-order valence-electron chi connectivity index (χ0n) is 10.5. The summed E-state index contributed by atoms with van der Waals surface area (Å²) >= 11 is 0. The maximum absolute atomic E-state index is 13.1. The van der Waals surface area contributed by atoms with Crippen molar-refractivity contribution < 1.29 is 53.4 Å². The summed E-state index contributed by atoms with van der Waals surface area (Å²) in [5, 5.41) is 0.